The molecule has 2 amide bonds. The van der Waals surface area contributed by atoms with Crippen LogP contribution >= 0.6 is 0 Å². The minimum absolute atomic E-state index is 0.191. The van der Waals surface area contributed by atoms with E-state index in [0.717, 1.165) is 5.69 Å². The van der Waals surface area contributed by atoms with Gasteiger partial charge in [0.05, 0.1) is 18.1 Å². The largest absolute Gasteiger partial charge is 0.337 e. The lowest BCUT2D eigenvalue weighted by Crippen LogP contribution is -2.50. The quantitative estimate of drug-likeness (QED) is 0.664. The number of carbonyl (C=O) groups excluding carboxylic acids is 2. The Morgan fingerprint density at radius 2 is 2.44 bits per heavy atom. The molecule has 1 saturated heterocycles. The second kappa shape index (κ2) is 4.44. The van der Waals surface area contributed by atoms with Crippen molar-refractivity contribution in [1.82, 2.24) is 20.2 Å². The number of piperidine rings is 1. The van der Waals surface area contributed by atoms with Crippen molar-refractivity contribution in [1.29, 1.82) is 0 Å². The molecule has 2 rings (SSSR count). The zero-order valence-electron chi connectivity index (χ0n) is 9.06. The zero-order chi connectivity index (χ0) is 11.5. The molecule has 1 unspecified atom stereocenters. The van der Waals surface area contributed by atoms with E-state index >= 15 is 0 Å². The van der Waals surface area contributed by atoms with Crippen molar-refractivity contribution in [3.8, 4) is 0 Å². The molecule has 0 aromatic carbocycles. The van der Waals surface area contributed by atoms with Crippen molar-refractivity contribution < 1.29 is 9.59 Å². The Labute approximate surface area is 93.0 Å². The van der Waals surface area contributed by atoms with Crippen LogP contribution in [0.4, 0.5) is 0 Å². The fraction of sp³-hybridized carbons (Fsp3) is 0.500. The number of aryl methyl sites for hydroxylation is 1. The topological polar surface area (TPSA) is 76.0 Å². The van der Waals surface area contributed by atoms with Crippen LogP contribution in [-0.2, 0) is 23.2 Å². The Kier molecular flexibility index (Phi) is 3.00. The molecule has 0 saturated carbocycles. The third-order valence-corrected chi connectivity index (χ3v) is 2.69. The highest BCUT2D eigenvalue weighted by molar-refractivity contribution is 6.00. The molecule has 6 nitrogen and oxygen atoms in total. The van der Waals surface area contributed by atoms with Gasteiger partial charge in [0.2, 0.25) is 11.8 Å². The second-order valence-electron chi connectivity index (χ2n) is 3.88. The van der Waals surface area contributed by atoms with Gasteiger partial charge in [-0.25, -0.2) is 4.98 Å². The minimum Gasteiger partial charge on any atom is -0.337 e. The van der Waals surface area contributed by atoms with Gasteiger partial charge in [-0.1, -0.05) is 0 Å². The SMILES string of the molecule is Cn1cncc1CNC1CCC(=O)NC1=O. The molecule has 1 aromatic heterocycles. The van der Waals surface area contributed by atoms with Crippen LogP contribution in [0.2, 0.25) is 0 Å². The predicted molar refractivity (Wildman–Crippen MR) is 56.2 cm³/mol. The third-order valence-electron chi connectivity index (χ3n) is 2.69. The fourth-order valence-electron chi connectivity index (χ4n) is 1.67. The van der Waals surface area contributed by atoms with Gasteiger partial charge in [0, 0.05) is 26.2 Å². The highest BCUT2D eigenvalue weighted by atomic mass is 16.2. The molecule has 0 spiro atoms. The van der Waals surface area contributed by atoms with Gasteiger partial charge >= 0.3 is 0 Å². The van der Waals surface area contributed by atoms with Crippen LogP contribution in [0.1, 0.15) is 18.5 Å². The van der Waals surface area contributed by atoms with Crippen LogP contribution in [0.25, 0.3) is 0 Å². The average Bonchev–Trinajstić information content (AvgIpc) is 2.63. The molecule has 1 aliphatic rings. The number of hydrogen-bond donors (Lipinski definition) is 2. The van der Waals surface area contributed by atoms with Crippen molar-refractivity contribution >= 4 is 11.8 Å². The standard InChI is InChI=1S/C10H14N4O2/c1-14-6-11-4-7(14)5-12-8-2-3-9(15)13-10(8)16/h4,6,8,12H,2-3,5H2,1H3,(H,13,15,16). The van der Waals surface area contributed by atoms with E-state index in [-0.39, 0.29) is 17.9 Å². The van der Waals surface area contributed by atoms with Gasteiger partial charge in [-0.15, -0.1) is 0 Å². The molecular weight excluding hydrogens is 208 g/mol. The zero-order valence-corrected chi connectivity index (χ0v) is 9.06. The van der Waals surface area contributed by atoms with Crippen LogP contribution in [-0.4, -0.2) is 27.4 Å². The molecule has 1 atom stereocenters. The molecule has 0 aliphatic carbocycles. The number of aromatic nitrogens is 2. The molecule has 0 radical (unpaired) electrons. The Hall–Kier alpha value is -1.69. The van der Waals surface area contributed by atoms with Gasteiger partial charge in [0.1, 0.15) is 0 Å². The summed E-state index contributed by atoms with van der Waals surface area (Å²) >= 11 is 0. The van der Waals surface area contributed by atoms with E-state index in [1.165, 1.54) is 0 Å². The van der Waals surface area contributed by atoms with Crippen LogP contribution in [0.5, 0.6) is 0 Å². The lowest BCUT2D eigenvalue weighted by molar-refractivity contribution is -0.134. The third kappa shape index (κ3) is 2.27. The maximum Gasteiger partial charge on any atom is 0.243 e. The average molecular weight is 222 g/mol. The molecule has 1 aromatic rings. The molecule has 2 N–H and O–H groups in total. The summed E-state index contributed by atoms with van der Waals surface area (Å²) in [6.07, 6.45) is 4.41. The van der Waals surface area contributed by atoms with Gasteiger partial charge in [-0.3, -0.25) is 14.9 Å². The molecule has 2 heterocycles. The number of amides is 2. The number of imidazole rings is 1. The summed E-state index contributed by atoms with van der Waals surface area (Å²) in [5.74, 6) is -0.429. The van der Waals surface area contributed by atoms with E-state index in [0.29, 0.717) is 19.4 Å². The van der Waals surface area contributed by atoms with E-state index in [9.17, 15) is 9.59 Å². The van der Waals surface area contributed by atoms with E-state index in [2.05, 4.69) is 15.6 Å². The van der Waals surface area contributed by atoms with Crippen molar-refractivity contribution in [2.75, 3.05) is 0 Å². The molecule has 6 heteroatoms. The van der Waals surface area contributed by atoms with E-state index in [1.807, 2.05) is 11.6 Å². The minimum atomic E-state index is -0.285. The summed E-state index contributed by atoms with van der Waals surface area (Å²) in [4.78, 5) is 26.3. The molecule has 1 fully saturated rings. The van der Waals surface area contributed by atoms with Crippen LogP contribution in [0.3, 0.4) is 0 Å². The van der Waals surface area contributed by atoms with Gasteiger partial charge < -0.3 is 9.88 Å². The normalized spacial score (nSPS) is 20.9. The monoisotopic (exact) mass is 222 g/mol. The first-order valence-electron chi connectivity index (χ1n) is 5.19. The number of hydrogen-bond acceptors (Lipinski definition) is 4. The van der Waals surface area contributed by atoms with Gasteiger partial charge in [-0.2, -0.15) is 0 Å². The second-order valence-corrected chi connectivity index (χ2v) is 3.88. The van der Waals surface area contributed by atoms with Gasteiger partial charge in [0.15, 0.2) is 0 Å². The summed E-state index contributed by atoms with van der Waals surface area (Å²) in [5.41, 5.74) is 1.00. The van der Waals surface area contributed by atoms with Crippen molar-refractivity contribution in [3.05, 3.63) is 18.2 Å². The predicted octanol–water partition coefficient (Wildman–Crippen LogP) is -0.685. The lowest BCUT2D eigenvalue weighted by atomic mass is 10.1. The first-order valence-corrected chi connectivity index (χ1v) is 5.19. The molecule has 86 valence electrons. The smallest absolute Gasteiger partial charge is 0.243 e. The molecule has 0 bridgehead atoms. The van der Waals surface area contributed by atoms with Crippen LogP contribution < -0.4 is 10.6 Å². The summed E-state index contributed by atoms with van der Waals surface area (Å²) in [5, 5.41) is 5.42. The lowest BCUT2D eigenvalue weighted by Gasteiger charge is -2.21. The molecule has 1 aliphatic heterocycles. The maximum atomic E-state index is 11.4. The number of nitrogens with one attached hydrogen (secondary N) is 2. The Balaban J connectivity index is 1.89. The van der Waals surface area contributed by atoms with Crippen LogP contribution in [0.15, 0.2) is 12.5 Å². The Morgan fingerprint density at radius 1 is 1.62 bits per heavy atom. The highest BCUT2D eigenvalue weighted by Gasteiger charge is 2.25. The van der Waals surface area contributed by atoms with E-state index in [1.54, 1.807) is 12.5 Å². The van der Waals surface area contributed by atoms with Crippen molar-refractivity contribution in [3.63, 3.8) is 0 Å². The number of imide groups is 1. The van der Waals surface area contributed by atoms with E-state index < -0.39 is 0 Å². The first kappa shape index (κ1) is 10.8. The summed E-state index contributed by atoms with van der Waals surface area (Å²) in [6, 6.07) is -0.285. The number of rotatable bonds is 3. The van der Waals surface area contributed by atoms with Crippen molar-refractivity contribution in [2.45, 2.75) is 25.4 Å². The fourth-order valence-corrected chi connectivity index (χ4v) is 1.67. The molecular formula is C10H14N4O2. The van der Waals surface area contributed by atoms with Crippen LogP contribution in [0, 0.1) is 0 Å². The highest BCUT2D eigenvalue weighted by Crippen LogP contribution is 2.05. The van der Waals surface area contributed by atoms with Gasteiger partial charge in [0.25, 0.3) is 0 Å². The van der Waals surface area contributed by atoms with E-state index in [4.69, 9.17) is 0 Å². The summed E-state index contributed by atoms with van der Waals surface area (Å²) in [6.45, 7) is 0.572. The van der Waals surface area contributed by atoms with Crippen molar-refractivity contribution in [2.24, 2.45) is 7.05 Å². The summed E-state index contributed by atoms with van der Waals surface area (Å²) in [7, 11) is 1.90. The number of nitrogens with zero attached hydrogens (tertiary/aromatic N) is 2. The number of carbonyl (C=O) groups is 2. The van der Waals surface area contributed by atoms with Gasteiger partial charge in [-0.05, 0) is 6.42 Å². The Bertz CT molecular complexity index is 413. The summed E-state index contributed by atoms with van der Waals surface area (Å²) < 4.78 is 1.89. The molecule has 16 heavy (non-hydrogen) atoms. The first-order chi connectivity index (χ1) is 7.66. The maximum absolute atomic E-state index is 11.4. The Morgan fingerprint density at radius 3 is 3.06 bits per heavy atom.